The maximum Gasteiger partial charge on any atom is 0.198 e. The highest BCUT2D eigenvalue weighted by Crippen LogP contribution is 2.37. The maximum absolute atomic E-state index is 14.0. The van der Waals surface area contributed by atoms with Crippen LogP contribution in [0.2, 0.25) is 5.02 Å². The van der Waals surface area contributed by atoms with E-state index in [4.69, 9.17) is 11.6 Å². The summed E-state index contributed by atoms with van der Waals surface area (Å²) in [6, 6.07) is 12.6. The molecule has 5 heteroatoms. The van der Waals surface area contributed by atoms with Crippen LogP contribution in [0, 0.1) is 5.82 Å². The van der Waals surface area contributed by atoms with E-state index in [1.807, 2.05) is 6.07 Å². The number of nitrogens with zero attached hydrogens (tertiary/aromatic N) is 3. The summed E-state index contributed by atoms with van der Waals surface area (Å²) in [4.78, 5) is 5.18. The van der Waals surface area contributed by atoms with Crippen LogP contribution in [0.4, 0.5) is 4.39 Å². The summed E-state index contributed by atoms with van der Waals surface area (Å²) in [5, 5.41) is 0.484. The molecule has 2 aliphatic rings. The fourth-order valence-electron chi connectivity index (χ4n) is 5.67. The van der Waals surface area contributed by atoms with Gasteiger partial charge in [-0.3, -0.25) is 9.80 Å². The largest absolute Gasteiger partial charge is 0.288 e. The third-order valence-electron chi connectivity index (χ3n) is 7.02. The molecule has 0 spiro atoms. The number of likely N-dealkylation sites (tertiary alicyclic amines) is 2. The van der Waals surface area contributed by atoms with Gasteiger partial charge in [-0.05, 0) is 90.2 Å². The van der Waals surface area contributed by atoms with Gasteiger partial charge >= 0.3 is 0 Å². The molecule has 31 heavy (non-hydrogen) atoms. The van der Waals surface area contributed by atoms with E-state index >= 15 is 0 Å². The summed E-state index contributed by atoms with van der Waals surface area (Å²) in [5.41, 5.74) is 2.57. The lowest BCUT2D eigenvalue weighted by atomic mass is 10.0. The number of benzene rings is 1. The maximum atomic E-state index is 14.0. The van der Waals surface area contributed by atoms with Crippen molar-refractivity contribution in [2.45, 2.75) is 83.6 Å². The molecule has 4 rings (SSSR count). The van der Waals surface area contributed by atoms with Crippen molar-refractivity contribution in [3.05, 3.63) is 64.7 Å². The Morgan fingerprint density at radius 2 is 1.84 bits per heavy atom. The molecule has 2 aliphatic heterocycles. The summed E-state index contributed by atoms with van der Waals surface area (Å²) in [6.45, 7) is 12.4. The molecule has 3 atom stereocenters. The molecule has 0 aliphatic carbocycles. The third-order valence-corrected chi connectivity index (χ3v) is 7.24. The van der Waals surface area contributed by atoms with Crippen LogP contribution in [0.5, 0.6) is 0 Å². The number of hydrogen-bond donors (Lipinski definition) is 0. The predicted molar refractivity (Wildman–Crippen MR) is 125 cm³/mol. The fraction of sp³-hybridized carbons (Fsp3) is 0.577. The van der Waals surface area contributed by atoms with Crippen LogP contribution in [0.3, 0.4) is 0 Å². The van der Waals surface area contributed by atoms with Gasteiger partial charge in [0.1, 0.15) is 5.82 Å². The van der Waals surface area contributed by atoms with Crippen LogP contribution in [-0.4, -0.2) is 34.5 Å². The topological polar surface area (TPSA) is 10.4 Å². The van der Waals surface area contributed by atoms with Crippen molar-refractivity contribution in [3.63, 3.8) is 0 Å². The van der Waals surface area contributed by atoms with E-state index in [-0.39, 0.29) is 17.4 Å². The zero-order chi connectivity index (χ0) is 22.2. The molecule has 3 unspecified atom stereocenters. The molecule has 0 radical (unpaired) electrons. The molecule has 2 saturated heterocycles. The van der Waals surface area contributed by atoms with Gasteiger partial charge in [0.25, 0.3) is 0 Å². The molecular weight excluding hydrogens is 409 g/mol. The zero-order valence-corrected chi connectivity index (χ0v) is 20.1. The van der Waals surface area contributed by atoms with Crippen LogP contribution >= 0.6 is 11.6 Å². The van der Waals surface area contributed by atoms with Crippen LogP contribution in [-0.2, 0) is 6.54 Å². The van der Waals surface area contributed by atoms with Crippen molar-refractivity contribution in [3.8, 4) is 0 Å². The van der Waals surface area contributed by atoms with Crippen LogP contribution < -0.4 is 4.57 Å². The normalized spacial score (nSPS) is 24.1. The van der Waals surface area contributed by atoms with E-state index in [1.165, 1.54) is 24.6 Å². The van der Waals surface area contributed by atoms with Gasteiger partial charge in [0.2, 0.25) is 0 Å². The molecule has 0 N–H and O–H groups in total. The van der Waals surface area contributed by atoms with Crippen LogP contribution in [0.25, 0.3) is 0 Å². The molecule has 1 aromatic carbocycles. The lowest BCUT2D eigenvalue weighted by Gasteiger charge is -2.36. The average molecular weight is 445 g/mol. The van der Waals surface area contributed by atoms with Gasteiger partial charge in [-0.2, -0.15) is 4.57 Å². The van der Waals surface area contributed by atoms with Crippen molar-refractivity contribution in [2.24, 2.45) is 0 Å². The summed E-state index contributed by atoms with van der Waals surface area (Å²) in [6.07, 6.45) is 6.88. The van der Waals surface area contributed by atoms with Crippen LogP contribution in [0.1, 0.15) is 76.7 Å². The van der Waals surface area contributed by atoms with E-state index in [0.29, 0.717) is 17.1 Å². The molecule has 0 bridgehead atoms. The molecular formula is C26H36ClFN3+. The van der Waals surface area contributed by atoms with Crippen LogP contribution in [0.15, 0.2) is 42.6 Å². The Balaban J connectivity index is 1.56. The van der Waals surface area contributed by atoms with Gasteiger partial charge in [0, 0.05) is 28.7 Å². The highest BCUT2D eigenvalue weighted by atomic mass is 35.5. The van der Waals surface area contributed by atoms with Crippen molar-refractivity contribution in [2.75, 3.05) is 13.1 Å². The Morgan fingerprint density at radius 1 is 1.10 bits per heavy atom. The molecule has 2 fully saturated rings. The van der Waals surface area contributed by atoms with Gasteiger partial charge in [-0.15, -0.1) is 0 Å². The van der Waals surface area contributed by atoms with Gasteiger partial charge in [0.05, 0.1) is 12.1 Å². The van der Waals surface area contributed by atoms with E-state index in [1.54, 1.807) is 6.07 Å². The van der Waals surface area contributed by atoms with Crippen molar-refractivity contribution >= 4 is 11.6 Å². The Bertz CT molecular complexity index is 890. The highest BCUT2D eigenvalue weighted by Gasteiger charge is 2.39. The lowest BCUT2D eigenvalue weighted by Crippen LogP contribution is -2.51. The van der Waals surface area contributed by atoms with E-state index < -0.39 is 0 Å². The first-order valence-electron chi connectivity index (χ1n) is 11.7. The molecule has 168 valence electrons. The number of aromatic nitrogens is 1. The van der Waals surface area contributed by atoms with Gasteiger partial charge in [-0.25, -0.2) is 4.39 Å². The number of hydrogen-bond acceptors (Lipinski definition) is 2. The quantitative estimate of drug-likeness (QED) is 0.529. The second-order valence-electron chi connectivity index (χ2n) is 10.2. The Morgan fingerprint density at radius 3 is 2.58 bits per heavy atom. The predicted octanol–water partition coefficient (Wildman–Crippen LogP) is 5.93. The fourth-order valence-corrected chi connectivity index (χ4v) is 5.90. The first-order valence-corrected chi connectivity index (χ1v) is 12.1. The average Bonchev–Trinajstić information content (AvgIpc) is 3.37. The van der Waals surface area contributed by atoms with Gasteiger partial charge < -0.3 is 0 Å². The molecule has 0 amide bonds. The minimum Gasteiger partial charge on any atom is -0.288 e. The van der Waals surface area contributed by atoms with E-state index in [0.717, 1.165) is 38.0 Å². The van der Waals surface area contributed by atoms with E-state index in [9.17, 15) is 4.39 Å². The first-order chi connectivity index (χ1) is 14.7. The molecule has 3 nitrogen and oxygen atoms in total. The number of halogens is 2. The Hall–Kier alpha value is -1.49. The standard InChI is InChI=1S/C26H36ClFN3/c1-19(30-13-7-10-23(30)20-15-21(27)17-22(28)16-20)18-29-12-6-5-9-24(29)25-11-8-14-31(25)26(2,3)4/h5-6,9,12,15-17,19,23,25H,7-8,10-11,13-14,18H2,1-4H3/q+1. The first kappa shape index (κ1) is 22.7. The monoisotopic (exact) mass is 444 g/mol. The lowest BCUT2D eigenvalue weighted by molar-refractivity contribution is -0.710. The second kappa shape index (κ2) is 9.17. The molecule has 2 aromatic rings. The summed E-state index contributed by atoms with van der Waals surface area (Å²) >= 11 is 6.16. The minimum atomic E-state index is -0.245. The molecule has 0 saturated carbocycles. The summed E-state index contributed by atoms with van der Waals surface area (Å²) < 4.78 is 16.5. The molecule has 3 heterocycles. The number of rotatable bonds is 5. The smallest absolute Gasteiger partial charge is 0.198 e. The van der Waals surface area contributed by atoms with Gasteiger partial charge in [-0.1, -0.05) is 17.7 Å². The zero-order valence-electron chi connectivity index (χ0n) is 19.3. The summed E-state index contributed by atoms with van der Waals surface area (Å²) in [7, 11) is 0. The highest BCUT2D eigenvalue weighted by molar-refractivity contribution is 6.30. The Kier molecular flexibility index (Phi) is 6.71. The van der Waals surface area contributed by atoms with Crippen molar-refractivity contribution in [1.82, 2.24) is 9.80 Å². The number of pyridine rings is 1. The second-order valence-corrected chi connectivity index (χ2v) is 10.7. The van der Waals surface area contributed by atoms with E-state index in [2.05, 4.69) is 66.5 Å². The van der Waals surface area contributed by atoms with Crippen molar-refractivity contribution < 1.29 is 8.96 Å². The van der Waals surface area contributed by atoms with Crippen molar-refractivity contribution in [1.29, 1.82) is 0 Å². The minimum absolute atomic E-state index is 0.164. The van der Waals surface area contributed by atoms with Gasteiger partial charge in [0.15, 0.2) is 18.4 Å². The molecule has 1 aromatic heterocycles. The summed E-state index contributed by atoms with van der Waals surface area (Å²) in [5.74, 6) is -0.245. The third kappa shape index (κ3) is 4.97. The Labute approximate surface area is 191 Å². The SMILES string of the molecule is CC(C[n+]1ccccc1C1CCCN1C(C)(C)C)N1CCCC1c1cc(F)cc(Cl)c1.